The van der Waals surface area contributed by atoms with Gasteiger partial charge in [0, 0.05) is 25.4 Å². The molecule has 3 nitrogen and oxygen atoms in total. The van der Waals surface area contributed by atoms with E-state index in [1.54, 1.807) is 0 Å². The second-order valence-electron chi connectivity index (χ2n) is 4.28. The van der Waals surface area contributed by atoms with Gasteiger partial charge in [-0.3, -0.25) is 0 Å². The first kappa shape index (κ1) is 9.71. The van der Waals surface area contributed by atoms with Crippen LogP contribution in [0.2, 0.25) is 0 Å². The third kappa shape index (κ3) is 1.69. The number of hydrogen-bond donors (Lipinski definition) is 1. The summed E-state index contributed by atoms with van der Waals surface area (Å²) in [5.41, 5.74) is 5.81. The van der Waals surface area contributed by atoms with Crippen LogP contribution in [0, 0.1) is 5.92 Å². The molecular formula is C11H19N3. The first-order valence-corrected chi connectivity index (χ1v) is 5.50. The van der Waals surface area contributed by atoms with Crippen molar-refractivity contribution in [2.45, 2.75) is 31.6 Å². The van der Waals surface area contributed by atoms with Crippen LogP contribution < -0.4 is 5.73 Å². The molecule has 0 amide bonds. The van der Waals surface area contributed by atoms with Crippen LogP contribution in [0.15, 0.2) is 12.4 Å². The summed E-state index contributed by atoms with van der Waals surface area (Å²) in [4.78, 5) is 4.45. The molecule has 2 unspecified atom stereocenters. The molecule has 1 aromatic heterocycles. The predicted molar refractivity (Wildman–Crippen MR) is 57.0 cm³/mol. The molecule has 1 fully saturated rings. The highest BCUT2D eigenvalue weighted by atomic mass is 15.0. The molecule has 0 spiro atoms. The molecule has 2 N–H and O–H groups in total. The maximum atomic E-state index is 5.81. The van der Waals surface area contributed by atoms with Crippen LogP contribution in [0.4, 0.5) is 0 Å². The van der Waals surface area contributed by atoms with Gasteiger partial charge >= 0.3 is 0 Å². The Labute approximate surface area is 85.3 Å². The molecular weight excluding hydrogens is 174 g/mol. The van der Waals surface area contributed by atoms with Crippen LogP contribution in [-0.4, -0.2) is 16.1 Å². The summed E-state index contributed by atoms with van der Waals surface area (Å²) in [6, 6.07) is 0. The zero-order valence-corrected chi connectivity index (χ0v) is 8.82. The number of nitrogens with zero attached hydrogens (tertiary/aromatic N) is 2. The molecule has 0 aromatic carbocycles. The number of hydrogen-bond acceptors (Lipinski definition) is 2. The summed E-state index contributed by atoms with van der Waals surface area (Å²) in [5.74, 6) is 2.46. The Morgan fingerprint density at radius 2 is 2.29 bits per heavy atom. The van der Waals surface area contributed by atoms with E-state index in [1.165, 1.54) is 31.5 Å². The van der Waals surface area contributed by atoms with Gasteiger partial charge in [-0.2, -0.15) is 0 Å². The second kappa shape index (κ2) is 4.13. The van der Waals surface area contributed by atoms with E-state index in [2.05, 4.69) is 16.6 Å². The number of aryl methyl sites for hydroxylation is 1. The lowest BCUT2D eigenvalue weighted by molar-refractivity contribution is 0.300. The van der Waals surface area contributed by atoms with Gasteiger partial charge in [-0.15, -0.1) is 0 Å². The van der Waals surface area contributed by atoms with Gasteiger partial charge in [-0.1, -0.05) is 12.8 Å². The van der Waals surface area contributed by atoms with Crippen LogP contribution in [0.1, 0.15) is 37.4 Å². The molecule has 0 bridgehead atoms. The van der Waals surface area contributed by atoms with E-state index in [9.17, 15) is 0 Å². The first-order chi connectivity index (χ1) is 6.83. The smallest absolute Gasteiger partial charge is 0.111 e. The van der Waals surface area contributed by atoms with Crippen molar-refractivity contribution in [3.05, 3.63) is 18.2 Å². The van der Waals surface area contributed by atoms with Crippen molar-refractivity contribution in [2.75, 3.05) is 6.54 Å². The molecule has 1 saturated carbocycles. The van der Waals surface area contributed by atoms with Gasteiger partial charge in [-0.05, 0) is 25.3 Å². The summed E-state index contributed by atoms with van der Waals surface area (Å²) in [6.45, 7) is 0.803. The molecule has 1 heterocycles. The number of aromatic nitrogens is 2. The van der Waals surface area contributed by atoms with Crippen LogP contribution >= 0.6 is 0 Å². The average Bonchev–Trinajstić information content (AvgIpc) is 2.64. The Balaban J connectivity index is 2.19. The van der Waals surface area contributed by atoms with E-state index in [-0.39, 0.29) is 0 Å². The van der Waals surface area contributed by atoms with E-state index in [4.69, 9.17) is 5.73 Å². The second-order valence-corrected chi connectivity index (χ2v) is 4.28. The van der Waals surface area contributed by atoms with Crippen LogP contribution in [0.3, 0.4) is 0 Å². The fourth-order valence-electron chi connectivity index (χ4n) is 2.56. The molecule has 2 rings (SSSR count). The summed E-state index contributed by atoms with van der Waals surface area (Å²) < 4.78 is 2.14. The number of nitrogens with two attached hydrogens (primary N) is 1. The van der Waals surface area contributed by atoms with E-state index < -0.39 is 0 Å². The van der Waals surface area contributed by atoms with Gasteiger partial charge in [-0.25, -0.2) is 4.98 Å². The highest BCUT2D eigenvalue weighted by Crippen LogP contribution is 2.35. The normalized spacial score (nSPS) is 27.9. The Bertz CT molecular complexity index is 292. The molecule has 3 heteroatoms. The Kier molecular flexibility index (Phi) is 2.87. The van der Waals surface area contributed by atoms with E-state index >= 15 is 0 Å². The number of imidazole rings is 1. The van der Waals surface area contributed by atoms with Gasteiger partial charge in [0.1, 0.15) is 5.82 Å². The van der Waals surface area contributed by atoms with Gasteiger partial charge < -0.3 is 10.3 Å². The third-order valence-corrected chi connectivity index (χ3v) is 3.40. The van der Waals surface area contributed by atoms with Gasteiger partial charge in [0.25, 0.3) is 0 Å². The molecule has 2 atom stereocenters. The minimum absolute atomic E-state index is 0.591. The summed E-state index contributed by atoms with van der Waals surface area (Å²) >= 11 is 0. The van der Waals surface area contributed by atoms with Crippen molar-refractivity contribution in [3.63, 3.8) is 0 Å². The van der Waals surface area contributed by atoms with Crippen molar-refractivity contribution in [3.8, 4) is 0 Å². The van der Waals surface area contributed by atoms with E-state index in [1.807, 2.05) is 12.4 Å². The van der Waals surface area contributed by atoms with Crippen molar-refractivity contribution in [2.24, 2.45) is 18.7 Å². The molecule has 1 aliphatic rings. The fourth-order valence-corrected chi connectivity index (χ4v) is 2.56. The quantitative estimate of drug-likeness (QED) is 0.776. The molecule has 1 aliphatic carbocycles. The predicted octanol–water partition coefficient (Wildman–Crippen LogP) is 1.65. The lowest BCUT2D eigenvalue weighted by atomic mass is 9.79. The van der Waals surface area contributed by atoms with E-state index in [0.717, 1.165) is 6.54 Å². The van der Waals surface area contributed by atoms with E-state index in [0.29, 0.717) is 11.8 Å². The molecule has 0 aliphatic heterocycles. The largest absolute Gasteiger partial charge is 0.338 e. The van der Waals surface area contributed by atoms with Gasteiger partial charge in [0.05, 0.1) is 0 Å². The van der Waals surface area contributed by atoms with Gasteiger partial charge in [0.2, 0.25) is 0 Å². The zero-order chi connectivity index (χ0) is 9.97. The maximum Gasteiger partial charge on any atom is 0.111 e. The monoisotopic (exact) mass is 193 g/mol. The summed E-state index contributed by atoms with van der Waals surface area (Å²) in [6.07, 6.45) is 9.10. The Morgan fingerprint density at radius 3 is 2.93 bits per heavy atom. The lowest BCUT2D eigenvalue weighted by Crippen LogP contribution is -2.27. The van der Waals surface area contributed by atoms with Crippen LogP contribution in [0.25, 0.3) is 0 Å². The minimum Gasteiger partial charge on any atom is -0.338 e. The van der Waals surface area contributed by atoms with Crippen LogP contribution in [0.5, 0.6) is 0 Å². The molecule has 78 valence electrons. The maximum absolute atomic E-state index is 5.81. The number of rotatable bonds is 2. The highest BCUT2D eigenvalue weighted by molar-refractivity contribution is 5.03. The summed E-state index contributed by atoms with van der Waals surface area (Å²) in [7, 11) is 2.07. The third-order valence-electron chi connectivity index (χ3n) is 3.40. The fraction of sp³-hybridized carbons (Fsp3) is 0.727. The standard InChI is InChI=1S/C11H19N3/c1-14-7-6-13-11(14)10-5-3-2-4-9(10)8-12/h6-7,9-10H,2-5,8,12H2,1H3. The lowest BCUT2D eigenvalue weighted by Gasteiger charge is -2.30. The Hall–Kier alpha value is -0.830. The van der Waals surface area contributed by atoms with Crippen molar-refractivity contribution < 1.29 is 0 Å². The van der Waals surface area contributed by atoms with Crippen molar-refractivity contribution in [1.29, 1.82) is 0 Å². The van der Waals surface area contributed by atoms with Gasteiger partial charge in [0.15, 0.2) is 0 Å². The Morgan fingerprint density at radius 1 is 1.50 bits per heavy atom. The van der Waals surface area contributed by atoms with Crippen LogP contribution in [-0.2, 0) is 7.05 Å². The minimum atomic E-state index is 0.591. The SMILES string of the molecule is Cn1ccnc1C1CCCCC1CN. The van der Waals surface area contributed by atoms with Crippen molar-refractivity contribution >= 4 is 0 Å². The summed E-state index contributed by atoms with van der Waals surface area (Å²) in [5, 5.41) is 0. The topological polar surface area (TPSA) is 43.8 Å². The molecule has 0 radical (unpaired) electrons. The molecule has 14 heavy (non-hydrogen) atoms. The first-order valence-electron chi connectivity index (χ1n) is 5.50. The molecule has 1 aromatic rings. The molecule has 0 saturated heterocycles. The highest BCUT2D eigenvalue weighted by Gasteiger charge is 2.27. The van der Waals surface area contributed by atoms with Crippen molar-refractivity contribution in [1.82, 2.24) is 9.55 Å². The average molecular weight is 193 g/mol. The zero-order valence-electron chi connectivity index (χ0n) is 8.82.